The highest BCUT2D eigenvalue weighted by Gasteiger charge is 2.13. The van der Waals surface area contributed by atoms with Crippen LogP contribution in [0.4, 0.5) is 5.69 Å². The van der Waals surface area contributed by atoms with Crippen molar-refractivity contribution < 1.29 is 9.59 Å². The van der Waals surface area contributed by atoms with E-state index in [4.69, 9.17) is 0 Å². The van der Waals surface area contributed by atoms with Gasteiger partial charge in [0.2, 0.25) is 5.91 Å². The molecule has 0 saturated heterocycles. The number of aryl methyl sites for hydroxylation is 3. The second-order valence-electron chi connectivity index (χ2n) is 7.36. The summed E-state index contributed by atoms with van der Waals surface area (Å²) in [6.07, 6.45) is 1.65. The van der Waals surface area contributed by atoms with Crippen molar-refractivity contribution in [2.75, 3.05) is 5.32 Å². The Morgan fingerprint density at radius 2 is 1.63 bits per heavy atom. The van der Waals surface area contributed by atoms with Crippen molar-refractivity contribution in [1.82, 2.24) is 9.99 Å². The first-order valence-electron chi connectivity index (χ1n) is 9.74. The average molecular weight is 402 g/mol. The number of nitrogens with zero attached hydrogens (tertiary/aromatic N) is 2. The quantitative estimate of drug-likeness (QED) is 0.489. The Kier molecular flexibility index (Phi) is 6.16. The van der Waals surface area contributed by atoms with E-state index >= 15 is 0 Å². The maximum atomic E-state index is 12.4. The second-order valence-corrected chi connectivity index (χ2v) is 7.36. The van der Waals surface area contributed by atoms with Crippen LogP contribution in [0.2, 0.25) is 0 Å². The fraction of sp³-hybridized carbons (Fsp3) is 0.208. The lowest BCUT2D eigenvalue weighted by molar-refractivity contribution is -0.114. The van der Waals surface area contributed by atoms with Crippen LogP contribution in [0.15, 0.2) is 53.6 Å². The van der Waals surface area contributed by atoms with Crippen molar-refractivity contribution in [3.8, 4) is 5.69 Å². The van der Waals surface area contributed by atoms with E-state index in [9.17, 15) is 9.59 Å². The van der Waals surface area contributed by atoms with Crippen molar-refractivity contribution in [1.29, 1.82) is 0 Å². The number of aromatic nitrogens is 1. The number of hydrazone groups is 1. The third-order valence-corrected chi connectivity index (χ3v) is 4.95. The van der Waals surface area contributed by atoms with E-state index in [1.54, 1.807) is 30.5 Å². The lowest BCUT2D eigenvalue weighted by Crippen LogP contribution is -2.18. The van der Waals surface area contributed by atoms with E-state index in [0.29, 0.717) is 11.3 Å². The van der Waals surface area contributed by atoms with Gasteiger partial charge in [-0.2, -0.15) is 5.10 Å². The van der Waals surface area contributed by atoms with E-state index in [0.717, 1.165) is 17.0 Å². The number of amides is 2. The zero-order chi connectivity index (χ0) is 21.8. The van der Waals surface area contributed by atoms with Gasteiger partial charge in [-0.1, -0.05) is 24.3 Å². The molecule has 30 heavy (non-hydrogen) atoms. The third-order valence-electron chi connectivity index (χ3n) is 4.95. The molecule has 6 nitrogen and oxygen atoms in total. The molecule has 0 saturated carbocycles. The monoisotopic (exact) mass is 402 g/mol. The molecule has 2 N–H and O–H groups in total. The van der Waals surface area contributed by atoms with E-state index in [-0.39, 0.29) is 11.8 Å². The van der Waals surface area contributed by atoms with Crippen LogP contribution >= 0.6 is 0 Å². The lowest BCUT2D eigenvalue weighted by Gasteiger charge is -2.15. The lowest BCUT2D eigenvalue weighted by atomic mass is 10.1. The Morgan fingerprint density at radius 1 is 0.967 bits per heavy atom. The number of nitrogens with one attached hydrogen (secondary N) is 2. The number of rotatable bonds is 5. The van der Waals surface area contributed by atoms with Crippen molar-refractivity contribution in [2.24, 2.45) is 5.10 Å². The van der Waals surface area contributed by atoms with Gasteiger partial charge in [0.25, 0.3) is 5.91 Å². The summed E-state index contributed by atoms with van der Waals surface area (Å²) in [4.78, 5) is 23.6. The fourth-order valence-electron chi connectivity index (χ4n) is 3.59. The van der Waals surface area contributed by atoms with Gasteiger partial charge in [-0.05, 0) is 63.1 Å². The molecule has 154 valence electrons. The van der Waals surface area contributed by atoms with Gasteiger partial charge in [0.05, 0.1) is 11.9 Å². The smallest absolute Gasteiger partial charge is 0.271 e. The zero-order valence-corrected chi connectivity index (χ0v) is 17.9. The number of hydrogen-bond acceptors (Lipinski definition) is 3. The average Bonchev–Trinajstić information content (AvgIpc) is 2.95. The molecule has 0 spiro atoms. The van der Waals surface area contributed by atoms with Crippen LogP contribution in [0.5, 0.6) is 0 Å². The summed E-state index contributed by atoms with van der Waals surface area (Å²) < 4.78 is 2.21. The number of carbonyl (C=O) groups is 2. The summed E-state index contributed by atoms with van der Waals surface area (Å²) in [5.41, 5.74) is 10.2. The SMILES string of the molecule is CC(=O)Nc1cccc(C(=O)N/N=C\c2cc(C)n(-c3c(C)cccc3C)c2C)c1. The summed E-state index contributed by atoms with van der Waals surface area (Å²) in [6.45, 7) is 9.72. The van der Waals surface area contributed by atoms with Crippen LogP contribution in [-0.2, 0) is 4.79 Å². The number of benzene rings is 2. The van der Waals surface area contributed by atoms with E-state index in [2.05, 4.69) is 59.4 Å². The maximum absolute atomic E-state index is 12.4. The van der Waals surface area contributed by atoms with Gasteiger partial charge >= 0.3 is 0 Å². The first-order chi connectivity index (χ1) is 14.3. The molecule has 1 aromatic heterocycles. The molecule has 1 heterocycles. The molecule has 3 aromatic rings. The van der Waals surface area contributed by atoms with Gasteiger partial charge in [-0.25, -0.2) is 5.43 Å². The first kappa shape index (κ1) is 21.0. The summed E-state index contributed by atoms with van der Waals surface area (Å²) in [5, 5.41) is 6.80. The predicted molar refractivity (Wildman–Crippen MR) is 121 cm³/mol. The van der Waals surface area contributed by atoms with Gasteiger partial charge in [0, 0.05) is 35.1 Å². The van der Waals surface area contributed by atoms with Crippen LogP contribution in [0.3, 0.4) is 0 Å². The van der Waals surface area contributed by atoms with E-state index < -0.39 is 0 Å². The Labute approximate surface area is 176 Å². The summed E-state index contributed by atoms with van der Waals surface area (Å²) in [5.74, 6) is -0.535. The molecule has 6 heteroatoms. The Balaban J connectivity index is 1.79. The molecule has 0 aliphatic heterocycles. The Bertz CT molecular complexity index is 1120. The maximum Gasteiger partial charge on any atom is 0.271 e. The van der Waals surface area contributed by atoms with Gasteiger partial charge in [0.15, 0.2) is 0 Å². The summed E-state index contributed by atoms with van der Waals surface area (Å²) >= 11 is 0. The second kappa shape index (κ2) is 8.78. The highest BCUT2D eigenvalue weighted by Crippen LogP contribution is 2.25. The van der Waals surface area contributed by atoms with Crippen LogP contribution in [0.1, 0.15) is 45.4 Å². The van der Waals surface area contributed by atoms with Gasteiger partial charge < -0.3 is 9.88 Å². The van der Waals surface area contributed by atoms with Crippen LogP contribution < -0.4 is 10.7 Å². The van der Waals surface area contributed by atoms with Crippen molar-refractivity contribution in [2.45, 2.75) is 34.6 Å². The van der Waals surface area contributed by atoms with E-state index in [1.165, 1.54) is 23.7 Å². The molecule has 0 fully saturated rings. The highest BCUT2D eigenvalue weighted by molar-refractivity contribution is 5.97. The summed E-state index contributed by atoms with van der Waals surface area (Å²) in [7, 11) is 0. The third kappa shape index (κ3) is 4.49. The van der Waals surface area contributed by atoms with Crippen LogP contribution in [-0.4, -0.2) is 22.6 Å². The molecule has 0 aliphatic carbocycles. The number of carbonyl (C=O) groups excluding carboxylic acids is 2. The minimum atomic E-state index is -0.345. The minimum absolute atomic E-state index is 0.190. The predicted octanol–water partition coefficient (Wildman–Crippen LogP) is 4.43. The number of anilines is 1. The van der Waals surface area contributed by atoms with Gasteiger partial charge in [0.1, 0.15) is 0 Å². The first-order valence-corrected chi connectivity index (χ1v) is 9.74. The summed E-state index contributed by atoms with van der Waals surface area (Å²) in [6, 6.07) is 15.0. The highest BCUT2D eigenvalue weighted by atomic mass is 16.2. The van der Waals surface area contributed by atoms with Crippen molar-refractivity contribution >= 4 is 23.7 Å². The van der Waals surface area contributed by atoms with Crippen molar-refractivity contribution in [3.05, 3.63) is 82.2 Å². The normalized spacial score (nSPS) is 11.0. The molecule has 2 aromatic carbocycles. The Morgan fingerprint density at radius 3 is 2.30 bits per heavy atom. The number of para-hydroxylation sites is 1. The topological polar surface area (TPSA) is 75.5 Å². The van der Waals surface area contributed by atoms with Crippen molar-refractivity contribution in [3.63, 3.8) is 0 Å². The molecule has 3 rings (SSSR count). The van der Waals surface area contributed by atoms with Gasteiger partial charge in [-0.3, -0.25) is 9.59 Å². The molecule has 2 amide bonds. The molecule has 0 unspecified atom stereocenters. The molecular formula is C24H26N4O2. The fourth-order valence-corrected chi connectivity index (χ4v) is 3.59. The molecule has 0 aliphatic rings. The minimum Gasteiger partial charge on any atom is -0.326 e. The molecular weight excluding hydrogens is 376 g/mol. The number of hydrogen-bond donors (Lipinski definition) is 2. The largest absolute Gasteiger partial charge is 0.326 e. The molecule has 0 bridgehead atoms. The van der Waals surface area contributed by atoms with Gasteiger partial charge in [-0.15, -0.1) is 0 Å². The molecule has 0 radical (unpaired) electrons. The van der Waals surface area contributed by atoms with E-state index in [1.807, 2.05) is 13.0 Å². The Hall–Kier alpha value is -3.67. The zero-order valence-electron chi connectivity index (χ0n) is 17.9. The van der Waals surface area contributed by atoms with Crippen LogP contribution in [0.25, 0.3) is 5.69 Å². The molecule has 0 atom stereocenters. The van der Waals surface area contributed by atoms with Crippen LogP contribution in [0, 0.1) is 27.7 Å². The standard InChI is InChI=1S/C24H26N4O2/c1-15-8-6-9-16(2)23(15)28-17(3)12-21(18(28)4)14-25-27-24(30)20-10-7-11-22(13-20)26-19(5)29/h6-14H,1-5H3,(H,26,29)(H,27,30)/b25-14-.